The molecule has 1 atom stereocenters. The maximum absolute atomic E-state index is 13.3. The summed E-state index contributed by atoms with van der Waals surface area (Å²) in [4.78, 5) is 6.16. The summed E-state index contributed by atoms with van der Waals surface area (Å²) in [7, 11) is 1.97. The van der Waals surface area contributed by atoms with E-state index in [1.54, 1.807) is 28.9 Å². The zero-order chi connectivity index (χ0) is 18.8. The molecule has 0 aromatic heterocycles. The molecule has 0 N–H and O–H groups in total. The molecule has 0 aromatic carbocycles. The van der Waals surface area contributed by atoms with Crippen LogP contribution in [0.3, 0.4) is 0 Å². The molecule has 4 nitrogen and oxygen atoms in total. The predicted octanol–water partition coefficient (Wildman–Crippen LogP) is 4.73. The number of hydrogen-bond acceptors (Lipinski definition) is 5. The van der Waals surface area contributed by atoms with E-state index >= 15 is 0 Å². The lowest BCUT2D eigenvalue weighted by molar-refractivity contribution is 0.255. The van der Waals surface area contributed by atoms with E-state index in [2.05, 4.69) is 36.9 Å². The second-order valence-corrected chi connectivity index (χ2v) is 6.65. The number of hydrazone groups is 1. The molecule has 0 saturated carbocycles. The summed E-state index contributed by atoms with van der Waals surface area (Å²) in [6.45, 7) is 15.5. The molecule has 136 valence electrons. The number of aliphatic imine (C=N–C) groups is 1. The van der Waals surface area contributed by atoms with Crippen LogP contribution in [-0.2, 0) is 0 Å². The first-order valence-electron chi connectivity index (χ1n) is 8.10. The van der Waals surface area contributed by atoms with Crippen molar-refractivity contribution in [2.75, 3.05) is 19.3 Å². The van der Waals surface area contributed by atoms with E-state index in [1.165, 1.54) is 13.0 Å². The summed E-state index contributed by atoms with van der Waals surface area (Å²) in [6, 6.07) is 0.0205. The standard InChI is InChI=1S/C19H27FN4S/c1-7-9-17(12-15(3)20)13-24-16(4)18(10-11-22-24)23(6)19(21-5)14-25-8-2/h7,9,11-12,14,18H,1,4-5,8,10,13H2,2-3,6H3/b15-12+,17-9+,19-14+. The van der Waals surface area contributed by atoms with Gasteiger partial charge in [0.05, 0.1) is 24.1 Å². The Kier molecular flexibility index (Phi) is 8.99. The van der Waals surface area contributed by atoms with Crippen molar-refractivity contribution >= 4 is 24.7 Å². The largest absolute Gasteiger partial charge is 0.350 e. The van der Waals surface area contributed by atoms with Crippen molar-refractivity contribution in [2.45, 2.75) is 26.3 Å². The molecule has 1 unspecified atom stereocenters. The molecule has 0 aromatic rings. The first-order chi connectivity index (χ1) is 11.9. The van der Waals surface area contributed by atoms with Crippen LogP contribution in [0, 0.1) is 0 Å². The van der Waals surface area contributed by atoms with Crippen LogP contribution < -0.4 is 0 Å². The lowest BCUT2D eigenvalue weighted by Gasteiger charge is -2.37. The maximum atomic E-state index is 13.3. The van der Waals surface area contributed by atoms with Gasteiger partial charge in [-0.1, -0.05) is 32.2 Å². The van der Waals surface area contributed by atoms with Crippen LogP contribution in [0.4, 0.5) is 4.39 Å². The molecule has 0 saturated heterocycles. The van der Waals surface area contributed by atoms with Crippen LogP contribution in [0.2, 0.25) is 0 Å². The van der Waals surface area contributed by atoms with E-state index in [4.69, 9.17) is 0 Å². The molecule has 0 spiro atoms. The number of nitrogens with zero attached hydrogens (tertiary/aromatic N) is 4. The van der Waals surface area contributed by atoms with Gasteiger partial charge in [-0.15, -0.1) is 11.8 Å². The Labute approximate surface area is 154 Å². The molecule has 0 bridgehead atoms. The van der Waals surface area contributed by atoms with Crippen molar-refractivity contribution in [3.8, 4) is 0 Å². The van der Waals surface area contributed by atoms with Crippen molar-refractivity contribution in [1.82, 2.24) is 9.91 Å². The number of hydrogen-bond donors (Lipinski definition) is 0. The first-order valence-corrected chi connectivity index (χ1v) is 9.14. The fourth-order valence-electron chi connectivity index (χ4n) is 2.43. The van der Waals surface area contributed by atoms with Gasteiger partial charge in [0.1, 0.15) is 5.82 Å². The molecule has 6 heteroatoms. The molecular formula is C19H27FN4S. The predicted molar refractivity (Wildman–Crippen MR) is 109 cm³/mol. The molecule has 0 radical (unpaired) electrons. The van der Waals surface area contributed by atoms with Gasteiger partial charge in [-0.25, -0.2) is 9.38 Å². The second-order valence-electron chi connectivity index (χ2n) is 5.51. The fraction of sp³-hybridized carbons (Fsp3) is 0.368. The van der Waals surface area contributed by atoms with Crippen molar-refractivity contribution < 1.29 is 4.39 Å². The van der Waals surface area contributed by atoms with Gasteiger partial charge in [-0.05, 0) is 31.0 Å². The smallest absolute Gasteiger partial charge is 0.134 e. The summed E-state index contributed by atoms with van der Waals surface area (Å²) in [5, 5.41) is 8.18. The molecule has 1 aliphatic heterocycles. The van der Waals surface area contributed by atoms with Gasteiger partial charge >= 0.3 is 0 Å². The molecule has 0 fully saturated rings. The topological polar surface area (TPSA) is 31.2 Å². The molecule has 1 heterocycles. The Morgan fingerprint density at radius 2 is 2.32 bits per heavy atom. The van der Waals surface area contributed by atoms with Gasteiger partial charge in [0.25, 0.3) is 0 Å². The van der Waals surface area contributed by atoms with Crippen molar-refractivity contribution in [2.24, 2.45) is 10.1 Å². The molecule has 0 aliphatic carbocycles. The highest BCUT2D eigenvalue weighted by Gasteiger charge is 2.26. The van der Waals surface area contributed by atoms with E-state index < -0.39 is 0 Å². The average molecular weight is 363 g/mol. The monoisotopic (exact) mass is 362 g/mol. The van der Waals surface area contributed by atoms with E-state index in [1.807, 2.05) is 23.6 Å². The van der Waals surface area contributed by atoms with Crippen LogP contribution in [0.5, 0.6) is 0 Å². The normalized spacial score (nSPS) is 19.2. The summed E-state index contributed by atoms with van der Waals surface area (Å²) < 4.78 is 13.3. The lowest BCUT2D eigenvalue weighted by Crippen LogP contribution is -2.40. The third kappa shape index (κ3) is 6.38. The van der Waals surface area contributed by atoms with Gasteiger partial charge < -0.3 is 4.90 Å². The van der Waals surface area contributed by atoms with Crippen LogP contribution in [-0.4, -0.2) is 48.2 Å². The van der Waals surface area contributed by atoms with Gasteiger partial charge in [-0.2, -0.15) is 5.10 Å². The SMILES string of the molecule is C=C/C=C(\C=C(/C)F)CN1N=CCC(N(C)/C(=C/SCC)N=C)C1=C. The van der Waals surface area contributed by atoms with Gasteiger partial charge in [0.15, 0.2) is 0 Å². The average Bonchev–Trinajstić information content (AvgIpc) is 2.57. The van der Waals surface area contributed by atoms with Crippen LogP contribution in [0.25, 0.3) is 0 Å². The molecular weight excluding hydrogens is 335 g/mol. The Morgan fingerprint density at radius 1 is 1.60 bits per heavy atom. The highest BCUT2D eigenvalue weighted by Crippen LogP contribution is 2.25. The third-order valence-corrected chi connectivity index (χ3v) is 4.37. The fourth-order valence-corrected chi connectivity index (χ4v) is 2.98. The zero-order valence-corrected chi connectivity index (χ0v) is 16.1. The highest BCUT2D eigenvalue weighted by atomic mass is 32.2. The Bertz CT molecular complexity index is 615. The Hall–Kier alpha value is -2.08. The van der Waals surface area contributed by atoms with Gasteiger partial charge in [-0.3, -0.25) is 5.01 Å². The lowest BCUT2D eigenvalue weighted by atomic mass is 10.1. The summed E-state index contributed by atoms with van der Waals surface area (Å²) in [6.07, 6.45) is 7.47. The zero-order valence-electron chi connectivity index (χ0n) is 15.3. The third-order valence-electron chi connectivity index (χ3n) is 3.66. The molecule has 1 aliphatic rings. The van der Waals surface area contributed by atoms with E-state index in [0.717, 1.165) is 29.3 Å². The maximum Gasteiger partial charge on any atom is 0.134 e. The highest BCUT2D eigenvalue weighted by molar-refractivity contribution is 8.02. The summed E-state index contributed by atoms with van der Waals surface area (Å²) >= 11 is 1.68. The second kappa shape index (κ2) is 10.7. The van der Waals surface area contributed by atoms with Crippen LogP contribution in [0.1, 0.15) is 20.3 Å². The quantitative estimate of drug-likeness (QED) is 0.439. The summed E-state index contributed by atoms with van der Waals surface area (Å²) in [5.74, 6) is 1.51. The number of thioether (sulfide) groups is 1. The number of allylic oxidation sites excluding steroid dienone is 3. The number of halogens is 1. The minimum absolute atomic E-state index is 0.0205. The number of rotatable bonds is 9. The van der Waals surface area contributed by atoms with E-state index in [0.29, 0.717) is 6.54 Å². The molecule has 25 heavy (non-hydrogen) atoms. The Morgan fingerprint density at radius 3 is 2.88 bits per heavy atom. The van der Waals surface area contributed by atoms with E-state index in [-0.39, 0.29) is 11.9 Å². The minimum atomic E-state index is -0.258. The summed E-state index contributed by atoms with van der Waals surface area (Å²) in [5.41, 5.74) is 1.61. The van der Waals surface area contributed by atoms with E-state index in [9.17, 15) is 4.39 Å². The Balaban J connectivity index is 2.96. The first kappa shape index (κ1) is 21.0. The van der Waals surface area contributed by atoms with Crippen molar-refractivity contribution in [3.05, 3.63) is 59.7 Å². The van der Waals surface area contributed by atoms with Crippen LogP contribution in [0.15, 0.2) is 69.8 Å². The minimum Gasteiger partial charge on any atom is -0.350 e. The molecule has 1 rings (SSSR count). The van der Waals surface area contributed by atoms with Gasteiger partial charge in [0.2, 0.25) is 0 Å². The van der Waals surface area contributed by atoms with Crippen LogP contribution >= 0.6 is 11.8 Å². The van der Waals surface area contributed by atoms with Crippen molar-refractivity contribution in [1.29, 1.82) is 0 Å². The van der Waals surface area contributed by atoms with Gasteiger partial charge in [0, 0.05) is 25.1 Å². The van der Waals surface area contributed by atoms with Crippen molar-refractivity contribution in [3.63, 3.8) is 0 Å². The molecule has 0 amide bonds. The number of likely N-dealkylation sites (N-methyl/N-ethyl adjacent to an activating group) is 1.